The lowest BCUT2D eigenvalue weighted by Gasteiger charge is -2.14. The Kier molecular flexibility index (Phi) is 4.46. The van der Waals surface area contributed by atoms with Gasteiger partial charge in [-0.1, -0.05) is 18.2 Å². The third kappa shape index (κ3) is 3.39. The Labute approximate surface area is 129 Å². The summed E-state index contributed by atoms with van der Waals surface area (Å²) in [6, 6.07) is 12.6. The number of aromatic nitrogens is 1. The number of rotatable bonds is 5. The lowest BCUT2D eigenvalue weighted by molar-refractivity contribution is 0.312. The Morgan fingerprint density at radius 2 is 2.14 bits per heavy atom. The van der Waals surface area contributed by atoms with Gasteiger partial charge in [-0.15, -0.1) is 11.8 Å². The summed E-state index contributed by atoms with van der Waals surface area (Å²) in [5, 5.41) is 0.481. The lowest BCUT2D eigenvalue weighted by Crippen LogP contribution is -2.15. The van der Waals surface area contributed by atoms with Crippen molar-refractivity contribution in [3.8, 4) is 5.75 Å². The van der Waals surface area contributed by atoms with Crippen LogP contribution in [0, 0.1) is 6.92 Å². The van der Waals surface area contributed by atoms with E-state index in [0.717, 1.165) is 30.0 Å². The van der Waals surface area contributed by atoms with Crippen LogP contribution in [0.2, 0.25) is 0 Å². The van der Waals surface area contributed by atoms with Crippen molar-refractivity contribution in [2.24, 2.45) is 5.73 Å². The summed E-state index contributed by atoms with van der Waals surface area (Å²) < 4.78 is 6.02. The predicted molar refractivity (Wildman–Crippen MR) is 87.0 cm³/mol. The minimum Gasteiger partial charge on any atom is -0.490 e. The minimum atomic E-state index is 0.481. The quantitative estimate of drug-likeness (QED) is 0.922. The topological polar surface area (TPSA) is 48.1 Å². The number of hydrogen-bond donors (Lipinski definition) is 1. The van der Waals surface area contributed by atoms with Crippen LogP contribution in [0.15, 0.2) is 41.3 Å². The zero-order chi connectivity index (χ0) is 14.7. The maximum atomic E-state index is 6.02. The molecule has 0 saturated carbocycles. The molecule has 2 aromatic rings. The highest BCUT2D eigenvalue weighted by atomic mass is 32.2. The van der Waals surface area contributed by atoms with Crippen molar-refractivity contribution in [1.29, 1.82) is 0 Å². The third-order valence-corrected chi connectivity index (χ3v) is 4.88. The second-order valence-electron chi connectivity index (χ2n) is 5.30. The van der Waals surface area contributed by atoms with Crippen molar-refractivity contribution in [2.45, 2.75) is 29.9 Å². The number of nitrogens with two attached hydrogens (primary N) is 1. The van der Waals surface area contributed by atoms with E-state index in [-0.39, 0.29) is 0 Å². The molecule has 1 atom stereocenters. The normalized spacial score (nSPS) is 16.8. The van der Waals surface area contributed by atoms with Crippen molar-refractivity contribution in [3.63, 3.8) is 0 Å². The van der Waals surface area contributed by atoms with Crippen LogP contribution >= 0.6 is 11.8 Å². The fourth-order valence-corrected chi connectivity index (χ4v) is 3.79. The molecule has 2 N–H and O–H groups in total. The monoisotopic (exact) mass is 300 g/mol. The first-order valence-electron chi connectivity index (χ1n) is 7.30. The highest BCUT2D eigenvalue weighted by Crippen LogP contribution is 2.37. The molecule has 4 heteroatoms. The second kappa shape index (κ2) is 6.50. The number of hydrogen-bond acceptors (Lipinski definition) is 4. The van der Waals surface area contributed by atoms with Crippen molar-refractivity contribution in [2.75, 3.05) is 13.2 Å². The highest BCUT2D eigenvalue weighted by molar-refractivity contribution is 8.00. The molecule has 0 radical (unpaired) electrons. The SMILES string of the molecule is Cc1ccc(OCC2Cc3ccccc3S2)c(CCN)n1. The summed E-state index contributed by atoms with van der Waals surface area (Å²) in [5.41, 5.74) is 9.06. The smallest absolute Gasteiger partial charge is 0.140 e. The van der Waals surface area contributed by atoms with Crippen molar-refractivity contribution in [3.05, 3.63) is 53.3 Å². The van der Waals surface area contributed by atoms with E-state index in [2.05, 4.69) is 29.2 Å². The lowest BCUT2D eigenvalue weighted by atomic mass is 10.1. The van der Waals surface area contributed by atoms with Gasteiger partial charge in [-0.3, -0.25) is 4.98 Å². The maximum absolute atomic E-state index is 6.02. The van der Waals surface area contributed by atoms with Gasteiger partial charge in [-0.2, -0.15) is 0 Å². The molecule has 110 valence electrons. The predicted octanol–water partition coefficient (Wildman–Crippen LogP) is 2.99. The Morgan fingerprint density at radius 1 is 1.29 bits per heavy atom. The molecule has 2 heterocycles. The van der Waals surface area contributed by atoms with Crippen LogP contribution in [0.4, 0.5) is 0 Å². The number of thioether (sulfide) groups is 1. The molecular weight excluding hydrogens is 280 g/mol. The third-order valence-electron chi connectivity index (χ3n) is 3.59. The van der Waals surface area contributed by atoms with Gasteiger partial charge in [0.05, 0.1) is 5.69 Å². The van der Waals surface area contributed by atoms with E-state index in [1.54, 1.807) is 0 Å². The van der Waals surface area contributed by atoms with Crippen LogP contribution in [0.3, 0.4) is 0 Å². The van der Waals surface area contributed by atoms with E-state index in [4.69, 9.17) is 10.5 Å². The largest absolute Gasteiger partial charge is 0.490 e. The van der Waals surface area contributed by atoms with Crippen LogP contribution in [0.5, 0.6) is 5.75 Å². The number of nitrogens with zero attached hydrogens (tertiary/aromatic N) is 1. The van der Waals surface area contributed by atoms with Crippen molar-refractivity contribution < 1.29 is 4.74 Å². The molecule has 0 aliphatic carbocycles. The van der Waals surface area contributed by atoms with Gasteiger partial charge < -0.3 is 10.5 Å². The van der Waals surface area contributed by atoms with E-state index in [0.29, 0.717) is 18.4 Å². The zero-order valence-electron chi connectivity index (χ0n) is 12.2. The number of benzene rings is 1. The van der Waals surface area contributed by atoms with E-state index in [9.17, 15) is 0 Å². The second-order valence-corrected chi connectivity index (χ2v) is 6.64. The number of aryl methyl sites for hydroxylation is 1. The van der Waals surface area contributed by atoms with Gasteiger partial charge in [0.15, 0.2) is 0 Å². The van der Waals surface area contributed by atoms with Gasteiger partial charge >= 0.3 is 0 Å². The molecule has 1 aromatic carbocycles. The van der Waals surface area contributed by atoms with Gasteiger partial charge in [-0.05, 0) is 43.7 Å². The number of pyridine rings is 1. The Morgan fingerprint density at radius 3 is 2.95 bits per heavy atom. The summed E-state index contributed by atoms with van der Waals surface area (Å²) in [7, 11) is 0. The fraction of sp³-hybridized carbons (Fsp3) is 0.353. The van der Waals surface area contributed by atoms with Gasteiger partial charge in [0.2, 0.25) is 0 Å². The molecular formula is C17H20N2OS. The standard InChI is InChI=1S/C17H20N2OS/c1-12-6-7-16(15(19-12)8-9-18)20-11-14-10-13-4-2-3-5-17(13)21-14/h2-7,14H,8-11,18H2,1H3. The molecule has 0 saturated heterocycles. The molecule has 1 unspecified atom stereocenters. The number of ether oxygens (including phenoxy) is 1. The van der Waals surface area contributed by atoms with Crippen LogP contribution in [0.25, 0.3) is 0 Å². The Balaban J connectivity index is 1.64. The summed E-state index contributed by atoms with van der Waals surface area (Å²) in [4.78, 5) is 5.92. The molecule has 1 aromatic heterocycles. The Bertz CT molecular complexity index is 605. The van der Waals surface area contributed by atoms with Crippen LogP contribution in [0.1, 0.15) is 17.0 Å². The molecule has 3 nitrogen and oxygen atoms in total. The molecule has 21 heavy (non-hydrogen) atoms. The van der Waals surface area contributed by atoms with Crippen LogP contribution < -0.4 is 10.5 Å². The highest BCUT2D eigenvalue weighted by Gasteiger charge is 2.22. The Hall–Kier alpha value is -1.52. The minimum absolute atomic E-state index is 0.481. The first-order valence-corrected chi connectivity index (χ1v) is 8.18. The van der Waals surface area contributed by atoms with Gasteiger partial charge in [0.25, 0.3) is 0 Å². The first-order chi connectivity index (χ1) is 10.3. The summed E-state index contributed by atoms with van der Waals surface area (Å²) in [6.07, 6.45) is 1.83. The van der Waals surface area contributed by atoms with Gasteiger partial charge in [0.1, 0.15) is 12.4 Å². The van der Waals surface area contributed by atoms with E-state index in [1.807, 2.05) is 30.8 Å². The summed E-state index contributed by atoms with van der Waals surface area (Å²) >= 11 is 1.91. The average molecular weight is 300 g/mol. The molecule has 0 amide bonds. The fourth-order valence-electron chi connectivity index (χ4n) is 2.57. The molecule has 3 rings (SSSR count). The molecule has 0 spiro atoms. The molecule has 0 fully saturated rings. The molecule has 0 bridgehead atoms. The van der Waals surface area contributed by atoms with Crippen LogP contribution in [-0.2, 0) is 12.8 Å². The van der Waals surface area contributed by atoms with Crippen molar-refractivity contribution in [1.82, 2.24) is 4.98 Å². The summed E-state index contributed by atoms with van der Waals surface area (Å²) in [5.74, 6) is 0.877. The van der Waals surface area contributed by atoms with E-state index < -0.39 is 0 Å². The van der Waals surface area contributed by atoms with Crippen molar-refractivity contribution >= 4 is 11.8 Å². The zero-order valence-corrected chi connectivity index (χ0v) is 13.0. The molecule has 1 aliphatic heterocycles. The molecule has 1 aliphatic rings. The van der Waals surface area contributed by atoms with Gasteiger partial charge in [-0.25, -0.2) is 0 Å². The van der Waals surface area contributed by atoms with E-state index >= 15 is 0 Å². The van der Waals surface area contributed by atoms with Crippen LogP contribution in [-0.4, -0.2) is 23.4 Å². The average Bonchev–Trinajstić information content (AvgIpc) is 2.89. The first kappa shape index (κ1) is 14.4. The number of fused-ring (bicyclic) bond motifs is 1. The maximum Gasteiger partial charge on any atom is 0.140 e. The summed E-state index contributed by atoms with van der Waals surface area (Å²) in [6.45, 7) is 3.30. The van der Waals surface area contributed by atoms with E-state index in [1.165, 1.54) is 10.5 Å². The van der Waals surface area contributed by atoms with Gasteiger partial charge in [0, 0.05) is 22.3 Å².